The number of nitriles is 1. The van der Waals surface area contributed by atoms with Gasteiger partial charge in [-0.25, -0.2) is 0 Å². The van der Waals surface area contributed by atoms with Crippen LogP contribution < -0.4 is 10.5 Å². The molecule has 0 aliphatic rings. The van der Waals surface area contributed by atoms with E-state index in [4.69, 9.17) is 15.7 Å². The minimum absolute atomic E-state index is 0.495. The number of aryl methyl sites for hydroxylation is 1. The molecule has 2 N–H and O–H groups in total. The Kier molecular flexibility index (Phi) is 3.54. The van der Waals surface area contributed by atoms with E-state index in [0.29, 0.717) is 22.7 Å². The predicted molar refractivity (Wildman–Crippen MR) is 74.5 cm³/mol. The lowest BCUT2D eigenvalue weighted by molar-refractivity contribution is 0.478. The van der Waals surface area contributed by atoms with Crippen molar-refractivity contribution in [2.75, 3.05) is 5.73 Å². The third-order valence-electron chi connectivity index (χ3n) is 2.43. The monoisotopic (exact) mass is 302 g/mol. The molecule has 0 spiro atoms. The Hall–Kier alpha value is -1.99. The summed E-state index contributed by atoms with van der Waals surface area (Å²) in [5.41, 5.74) is 7.85. The van der Waals surface area contributed by atoms with Gasteiger partial charge >= 0.3 is 0 Å². The molecule has 4 heteroatoms. The molecule has 2 aromatic rings. The summed E-state index contributed by atoms with van der Waals surface area (Å²) in [5, 5.41) is 9.04. The third kappa shape index (κ3) is 2.63. The number of anilines is 1. The fraction of sp³-hybridized carbons (Fsp3) is 0.0714. The van der Waals surface area contributed by atoms with E-state index in [-0.39, 0.29) is 0 Å². The van der Waals surface area contributed by atoms with E-state index >= 15 is 0 Å². The zero-order chi connectivity index (χ0) is 13.1. The van der Waals surface area contributed by atoms with Gasteiger partial charge in [0.25, 0.3) is 0 Å². The second kappa shape index (κ2) is 5.11. The molecule has 0 radical (unpaired) electrons. The highest BCUT2D eigenvalue weighted by Crippen LogP contribution is 2.33. The highest BCUT2D eigenvalue weighted by Gasteiger charge is 2.08. The molecule has 0 fully saturated rings. The number of hydrogen-bond donors (Lipinski definition) is 1. The molecule has 0 aliphatic heterocycles. The summed E-state index contributed by atoms with van der Waals surface area (Å²) in [5.74, 6) is 1.13. The molecule has 3 nitrogen and oxygen atoms in total. The van der Waals surface area contributed by atoms with Gasteiger partial charge in [0.2, 0.25) is 0 Å². The van der Waals surface area contributed by atoms with Gasteiger partial charge in [-0.05, 0) is 52.7 Å². The third-order valence-corrected chi connectivity index (χ3v) is 3.09. The molecule has 0 saturated heterocycles. The lowest BCUT2D eigenvalue weighted by Gasteiger charge is -2.10. The Labute approximate surface area is 114 Å². The molecular weight excluding hydrogens is 292 g/mol. The van der Waals surface area contributed by atoms with Gasteiger partial charge in [0.15, 0.2) is 0 Å². The van der Waals surface area contributed by atoms with Crippen molar-refractivity contribution < 1.29 is 4.74 Å². The van der Waals surface area contributed by atoms with Gasteiger partial charge in [-0.15, -0.1) is 0 Å². The van der Waals surface area contributed by atoms with Crippen LogP contribution in [-0.4, -0.2) is 0 Å². The molecule has 2 aromatic carbocycles. The van der Waals surface area contributed by atoms with Crippen LogP contribution in [0, 0.1) is 18.3 Å². The van der Waals surface area contributed by atoms with Crippen molar-refractivity contribution in [3.63, 3.8) is 0 Å². The molecule has 0 amide bonds. The largest absolute Gasteiger partial charge is 0.455 e. The molecule has 0 bridgehead atoms. The van der Waals surface area contributed by atoms with E-state index in [2.05, 4.69) is 22.0 Å². The predicted octanol–water partition coefficient (Wildman–Crippen LogP) is 4.00. The first-order valence-electron chi connectivity index (χ1n) is 5.34. The maximum atomic E-state index is 9.04. The van der Waals surface area contributed by atoms with Gasteiger partial charge in [-0.3, -0.25) is 0 Å². The van der Waals surface area contributed by atoms with Crippen LogP contribution in [0.3, 0.4) is 0 Å². The van der Waals surface area contributed by atoms with Crippen LogP contribution in [0.4, 0.5) is 5.69 Å². The molecule has 0 heterocycles. The molecule has 0 atom stereocenters. The number of rotatable bonds is 2. The van der Waals surface area contributed by atoms with Gasteiger partial charge in [0, 0.05) is 11.8 Å². The molecular formula is C14H11BrN2O. The molecule has 0 unspecified atom stereocenters. The van der Waals surface area contributed by atoms with Crippen LogP contribution in [0.25, 0.3) is 0 Å². The van der Waals surface area contributed by atoms with Crippen LogP contribution in [0.2, 0.25) is 0 Å². The first-order chi connectivity index (χ1) is 8.60. The van der Waals surface area contributed by atoms with Gasteiger partial charge in [0.1, 0.15) is 17.6 Å². The standard InChI is InChI=1S/C14H11BrN2O/c1-9-2-3-10(8-16)13(6-9)18-14-7-11(17)4-5-12(14)15/h2-7H,17H2,1H3. The second-order valence-corrected chi connectivity index (χ2v) is 4.76. The summed E-state index contributed by atoms with van der Waals surface area (Å²) in [6.07, 6.45) is 0. The summed E-state index contributed by atoms with van der Waals surface area (Å²) in [7, 11) is 0. The lowest BCUT2D eigenvalue weighted by Crippen LogP contribution is -1.92. The number of halogens is 1. The number of nitrogen functional groups attached to an aromatic ring is 1. The van der Waals surface area contributed by atoms with E-state index in [0.717, 1.165) is 10.0 Å². The van der Waals surface area contributed by atoms with Gasteiger partial charge in [-0.2, -0.15) is 5.26 Å². The van der Waals surface area contributed by atoms with E-state index in [1.54, 1.807) is 18.2 Å². The SMILES string of the molecule is Cc1ccc(C#N)c(Oc2cc(N)ccc2Br)c1. The number of nitrogens with two attached hydrogens (primary N) is 1. The van der Waals surface area contributed by atoms with Crippen LogP contribution >= 0.6 is 15.9 Å². The average molecular weight is 303 g/mol. The summed E-state index contributed by atoms with van der Waals surface area (Å²) < 4.78 is 6.54. The van der Waals surface area contributed by atoms with E-state index in [1.807, 2.05) is 25.1 Å². The zero-order valence-electron chi connectivity index (χ0n) is 9.77. The van der Waals surface area contributed by atoms with Crippen LogP contribution in [0.15, 0.2) is 40.9 Å². The van der Waals surface area contributed by atoms with Gasteiger partial charge in [0.05, 0.1) is 10.0 Å². The molecule has 18 heavy (non-hydrogen) atoms. The molecule has 0 aromatic heterocycles. The first-order valence-corrected chi connectivity index (χ1v) is 6.13. The Bertz CT molecular complexity index is 632. The van der Waals surface area contributed by atoms with Crippen molar-refractivity contribution in [1.29, 1.82) is 5.26 Å². The maximum Gasteiger partial charge on any atom is 0.145 e. The normalized spacial score (nSPS) is 9.83. The first kappa shape index (κ1) is 12.5. The van der Waals surface area contributed by atoms with Crippen molar-refractivity contribution in [3.05, 3.63) is 52.0 Å². The fourth-order valence-electron chi connectivity index (χ4n) is 1.52. The number of nitrogens with zero attached hydrogens (tertiary/aromatic N) is 1. The Balaban J connectivity index is 2.43. The summed E-state index contributed by atoms with van der Waals surface area (Å²) >= 11 is 3.39. The highest BCUT2D eigenvalue weighted by molar-refractivity contribution is 9.10. The van der Waals surface area contributed by atoms with Crippen molar-refractivity contribution in [2.24, 2.45) is 0 Å². The smallest absolute Gasteiger partial charge is 0.145 e. The van der Waals surface area contributed by atoms with Crippen LogP contribution in [-0.2, 0) is 0 Å². The fourth-order valence-corrected chi connectivity index (χ4v) is 1.85. The van der Waals surface area contributed by atoms with Gasteiger partial charge < -0.3 is 10.5 Å². The number of hydrogen-bond acceptors (Lipinski definition) is 3. The molecule has 0 saturated carbocycles. The van der Waals surface area contributed by atoms with Crippen molar-refractivity contribution in [2.45, 2.75) is 6.92 Å². The maximum absolute atomic E-state index is 9.04. The van der Waals surface area contributed by atoms with Crippen LogP contribution in [0.1, 0.15) is 11.1 Å². The minimum Gasteiger partial charge on any atom is -0.455 e. The van der Waals surface area contributed by atoms with Crippen molar-refractivity contribution >= 4 is 21.6 Å². The summed E-state index contributed by atoms with van der Waals surface area (Å²) in [6.45, 7) is 1.95. The summed E-state index contributed by atoms with van der Waals surface area (Å²) in [4.78, 5) is 0. The second-order valence-electron chi connectivity index (χ2n) is 3.90. The van der Waals surface area contributed by atoms with E-state index < -0.39 is 0 Å². The minimum atomic E-state index is 0.495. The van der Waals surface area contributed by atoms with Crippen LogP contribution in [0.5, 0.6) is 11.5 Å². The van der Waals surface area contributed by atoms with E-state index in [1.165, 1.54) is 0 Å². The van der Waals surface area contributed by atoms with Gasteiger partial charge in [-0.1, -0.05) is 6.07 Å². The molecule has 0 aliphatic carbocycles. The topological polar surface area (TPSA) is 59.0 Å². The molecule has 2 rings (SSSR count). The number of ether oxygens (including phenoxy) is 1. The number of benzene rings is 2. The highest BCUT2D eigenvalue weighted by atomic mass is 79.9. The lowest BCUT2D eigenvalue weighted by atomic mass is 10.1. The van der Waals surface area contributed by atoms with Crippen molar-refractivity contribution in [3.8, 4) is 17.6 Å². The quantitative estimate of drug-likeness (QED) is 0.853. The van der Waals surface area contributed by atoms with E-state index in [9.17, 15) is 0 Å². The average Bonchev–Trinajstić information content (AvgIpc) is 2.34. The summed E-state index contributed by atoms with van der Waals surface area (Å²) in [6, 6.07) is 12.9. The zero-order valence-corrected chi connectivity index (χ0v) is 11.4. The Morgan fingerprint density at radius 3 is 2.67 bits per heavy atom. The Morgan fingerprint density at radius 1 is 1.17 bits per heavy atom. The molecule has 90 valence electrons. The Morgan fingerprint density at radius 2 is 1.94 bits per heavy atom. The van der Waals surface area contributed by atoms with Crippen molar-refractivity contribution in [1.82, 2.24) is 0 Å².